The number of halogens is 1. The van der Waals surface area contributed by atoms with Gasteiger partial charge in [-0.25, -0.2) is 4.39 Å². The highest BCUT2D eigenvalue weighted by Crippen LogP contribution is 2.26. The smallest absolute Gasteiger partial charge is 0.138 e. The molecule has 0 aliphatic carbocycles. The van der Waals surface area contributed by atoms with Gasteiger partial charge in [-0.2, -0.15) is 0 Å². The summed E-state index contributed by atoms with van der Waals surface area (Å²) in [6, 6.07) is 17.8. The third kappa shape index (κ3) is 1.20. The fourth-order valence-corrected chi connectivity index (χ4v) is 1.89. The molecule has 0 aromatic heterocycles. The fraction of sp³-hybridized carbons (Fsp3) is 0. The average molecular weight is 195 g/mol. The lowest BCUT2D eigenvalue weighted by Gasteiger charge is -2.03. The van der Waals surface area contributed by atoms with Crippen molar-refractivity contribution >= 4 is 21.5 Å². The van der Waals surface area contributed by atoms with Crippen molar-refractivity contribution in [2.24, 2.45) is 0 Å². The fourth-order valence-electron chi connectivity index (χ4n) is 1.89. The van der Waals surface area contributed by atoms with Gasteiger partial charge in [0, 0.05) is 10.8 Å². The van der Waals surface area contributed by atoms with Crippen LogP contribution in [0.25, 0.3) is 21.5 Å². The average Bonchev–Trinajstić information content (AvgIpc) is 2.30. The summed E-state index contributed by atoms with van der Waals surface area (Å²) in [7, 11) is 0. The quantitative estimate of drug-likeness (QED) is 0.477. The lowest BCUT2D eigenvalue weighted by Crippen LogP contribution is -1.83. The van der Waals surface area contributed by atoms with Gasteiger partial charge in [-0.1, -0.05) is 36.4 Å². The van der Waals surface area contributed by atoms with E-state index in [9.17, 15) is 4.39 Å². The molecule has 3 rings (SSSR count). The van der Waals surface area contributed by atoms with E-state index in [1.54, 1.807) is 18.2 Å². The van der Waals surface area contributed by atoms with Crippen molar-refractivity contribution in [3.05, 3.63) is 60.4 Å². The number of benzene rings is 3. The first kappa shape index (κ1) is 8.42. The lowest BCUT2D eigenvalue weighted by atomic mass is 10.0. The molecular weight excluding hydrogens is 187 g/mol. The second kappa shape index (κ2) is 3.06. The molecule has 0 unspecified atom stereocenters. The van der Waals surface area contributed by atoms with Crippen LogP contribution in [0.2, 0.25) is 0 Å². The molecule has 0 bridgehead atoms. The van der Waals surface area contributed by atoms with Crippen LogP contribution in [0.1, 0.15) is 0 Å². The van der Waals surface area contributed by atoms with Crippen molar-refractivity contribution in [2.45, 2.75) is 0 Å². The Morgan fingerprint density at radius 3 is 2.67 bits per heavy atom. The van der Waals surface area contributed by atoms with Crippen molar-refractivity contribution in [3.8, 4) is 0 Å². The molecule has 15 heavy (non-hydrogen) atoms. The van der Waals surface area contributed by atoms with Gasteiger partial charge < -0.3 is 0 Å². The maximum atomic E-state index is 14.0. The Hall–Kier alpha value is -1.89. The Kier molecular flexibility index (Phi) is 1.72. The monoisotopic (exact) mass is 195 g/mol. The molecule has 3 aromatic rings. The van der Waals surface area contributed by atoms with E-state index >= 15 is 0 Å². The molecule has 71 valence electrons. The molecule has 0 spiro atoms. The van der Waals surface area contributed by atoms with Crippen LogP contribution in [0.4, 0.5) is 4.39 Å². The van der Waals surface area contributed by atoms with E-state index in [-0.39, 0.29) is 5.82 Å². The Bertz CT molecular complexity index is 587. The first-order valence-corrected chi connectivity index (χ1v) is 4.83. The predicted molar refractivity (Wildman–Crippen MR) is 60.2 cm³/mol. The van der Waals surface area contributed by atoms with Crippen LogP contribution in [-0.2, 0) is 0 Å². The van der Waals surface area contributed by atoms with Crippen molar-refractivity contribution < 1.29 is 4.39 Å². The van der Waals surface area contributed by atoms with Gasteiger partial charge in [0.15, 0.2) is 0 Å². The van der Waals surface area contributed by atoms with Crippen LogP contribution >= 0.6 is 0 Å². The maximum Gasteiger partial charge on any atom is 0.138 e. The van der Waals surface area contributed by atoms with Crippen LogP contribution in [-0.4, -0.2) is 0 Å². The summed E-state index contributed by atoms with van der Waals surface area (Å²) in [4.78, 5) is 0. The Balaban J connectivity index is 2.60. The number of hydrogen-bond donors (Lipinski definition) is 0. The molecule has 1 heteroatoms. The van der Waals surface area contributed by atoms with E-state index in [1.165, 1.54) is 0 Å². The number of rotatable bonds is 0. The standard InChI is InChI=1S/C14H8F/c15-14-12-7-3-1-5-10(12)9-11-6-2-4-8-13(11)14/h1-3,5-9H. The molecular formula is C14H8F. The van der Waals surface area contributed by atoms with Gasteiger partial charge in [0.05, 0.1) is 0 Å². The summed E-state index contributed by atoms with van der Waals surface area (Å²) in [5, 5.41) is 3.17. The van der Waals surface area contributed by atoms with Gasteiger partial charge in [-0.15, -0.1) is 0 Å². The highest BCUT2D eigenvalue weighted by Gasteiger charge is 2.05. The van der Waals surface area contributed by atoms with E-state index in [2.05, 4.69) is 6.07 Å². The zero-order valence-electron chi connectivity index (χ0n) is 8.00. The SMILES string of the molecule is Fc1c2c[c]ccc2cc2ccccc12. The number of fused-ring (bicyclic) bond motifs is 2. The summed E-state index contributed by atoms with van der Waals surface area (Å²) in [6.07, 6.45) is 0. The zero-order chi connectivity index (χ0) is 10.3. The molecule has 0 heterocycles. The summed E-state index contributed by atoms with van der Waals surface area (Å²) >= 11 is 0. The molecule has 0 nitrogen and oxygen atoms in total. The molecule has 0 saturated carbocycles. The van der Waals surface area contributed by atoms with Crippen molar-refractivity contribution in [2.75, 3.05) is 0 Å². The molecule has 0 aliphatic heterocycles. The Morgan fingerprint density at radius 1 is 0.933 bits per heavy atom. The van der Waals surface area contributed by atoms with Gasteiger partial charge in [0.1, 0.15) is 5.82 Å². The minimum absolute atomic E-state index is 0.153. The van der Waals surface area contributed by atoms with Gasteiger partial charge in [-0.05, 0) is 29.0 Å². The molecule has 0 N–H and O–H groups in total. The second-order valence-electron chi connectivity index (χ2n) is 3.56. The first-order chi connectivity index (χ1) is 7.36. The van der Waals surface area contributed by atoms with Crippen molar-refractivity contribution in [3.63, 3.8) is 0 Å². The Morgan fingerprint density at radius 2 is 1.73 bits per heavy atom. The highest BCUT2D eigenvalue weighted by molar-refractivity contribution is 5.98. The summed E-state index contributed by atoms with van der Waals surface area (Å²) < 4.78 is 14.0. The van der Waals surface area contributed by atoms with Crippen LogP contribution in [0.5, 0.6) is 0 Å². The molecule has 0 fully saturated rings. The van der Waals surface area contributed by atoms with Gasteiger partial charge in [0.2, 0.25) is 0 Å². The molecule has 0 aliphatic rings. The van der Waals surface area contributed by atoms with E-state index in [0.717, 1.165) is 10.8 Å². The second-order valence-corrected chi connectivity index (χ2v) is 3.56. The summed E-state index contributed by atoms with van der Waals surface area (Å²) in [5.74, 6) is -0.153. The van der Waals surface area contributed by atoms with Crippen molar-refractivity contribution in [1.82, 2.24) is 0 Å². The zero-order valence-corrected chi connectivity index (χ0v) is 8.00. The van der Waals surface area contributed by atoms with Crippen molar-refractivity contribution in [1.29, 1.82) is 0 Å². The largest absolute Gasteiger partial charge is 0.206 e. The minimum atomic E-state index is -0.153. The van der Waals surface area contributed by atoms with Crippen LogP contribution < -0.4 is 0 Å². The molecule has 3 aromatic carbocycles. The predicted octanol–water partition coefficient (Wildman–Crippen LogP) is 3.93. The first-order valence-electron chi connectivity index (χ1n) is 4.83. The molecule has 1 radical (unpaired) electrons. The maximum absolute atomic E-state index is 14.0. The van der Waals surface area contributed by atoms with Gasteiger partial charge >= 0.3 is 0 Å². The van der Waals surface area contributed by atoms with Crippen LogP contribution in [0, 0.1) is 11.9 Å². The molecule has 0 amide bonds. The van der Waals surface area contributed by atoms with Gasteiger partial charge in [0.25, 0.3) is 0 Å². The van der Waals surface area contributed by atoms with E-state index < -0.39 is 0 Å². The third-order valence-electron chi connectivity index (χ3n) is 2.64. The van der Waals surface area contributed by atoms with Crippen LogP contribution in [0.15, 0.2) is 48.5 Å². The van der Waals surface area contributed by atoms with Gasteiger partial charge in [-0.3, -0.25) is 0 Å². The molecule has 0 saturated heterocycles. The van der Waals surface area contributed by atoms with E-state index in [0.29, 0.717) is 10.8 Å². The Labute approximate surface area is 87.0 Å². The normalized spacial score (nSPS) is 11.0. The third-order valence-corrected chi connectivity index (χ3v) is 2.64. The molecule has 0 atom stereocenters. The summed E-state index contributed by atoms with van der Waals surface area (Å²) in [6.45, 7) is 0. The topological polar surface area (TPSA) is 0 Å². The summed E-state index contributed by atoms with van der Waals surface area (Å²) in [5.41, 5.74) is 0. The lowest BCUT2D eigenvalue weighted by molar-refractivity contribution is 0.651. The highest BCUT2D eigenvalue weighted by atomic mass is 19.1. The minimum Gasteiger partial charge on any atom is -0.206 e. The van der Waals surface area contributed by atoms with E-state index in [1.807, 2.05) is 30.3 Å². The number of hydrogen-bond acceptors (Lipinski definition) is 0. The van der Waals surface area contributed by atoms with E-state index in [4.69, 9.17) is 0 Å². The van der Waals surface area contributed by atoms with Crippen LogP contribution in [0.3, 0.4) is 0 Å².